The third-order valence-electron chi connectivity index (χ3n) is 5.48. The van der Waals surface area contributed by atoms with Crippen molar-refractivity contribution in [2.75, 3.05) is 18.0 Å². The zero-order chi connectivity index (χ0) is 19.3. The standard InChI is InChI=1S/C19H22FN3O4/c1-10-16-13(11-2-3-11)8-15(27-19(25)26)18(24)23(16)9-14(20)17(10)22-6-4-12(21)5-7-22/h8-9,11-12H,2-7,21H2,1H3,(H,25,26). The van der Waals surface area contributed by atoms with Crippen LogP contribution in [-0.2, 0) is 0 Å². The maximum Gasteiger partial charge on any atom is 0.511 e. The Hall–Kier alpha value is -2.61. The lowest BCUT2D eigenvalue weighted by molar-refractivity contribution is 0.143. The fourth-order valence-corrected chi connectivity index (χ4v) is 4.00. The van der Waals surface area contributed by atoms with E-state index in [1.54, 1.807) is 0 Å². The molecule has 0 amide bonds. The van der Waals surface area contributed by atoms with Gasteiger partial charge in [-0.25, -0.2) is 9.18 Å². The number of carbonyl (C=O) groups is 1. The average Bonchev–Trinajstić information content (AvgIpc) is 3.44. The second-order valence-electron chi connectivity index (χ2n) is 7.41. The molecule has 0 spiro atoms. The first-order valence-electron chi connectivity index (χ1n) is 9.16. The van der Waals surface area contributed by atoms with Crippen LogP contribution in [0.4, 0.5) is 14.9 Å². The van der Waals surface area contributed by atoms with Crippen LogP contribution < -0.4 is 20.9 Å². The normalized spacial score (nSPS) is 18.1. The second-order valence-corrected chi connectivity index (χ2v) is 7.41. The third-order valence-corrected chi connectivity index (χ3v) is 5.48. The molecule has 0 unspecified atom stereocenters. The number of aryl methyl sites for hydroxylation is 1. The number of hydrogen-bond donors (Lipinski definition) is 2. The SMILES string of the molecule is Cc1c(N2CCC(N)CC2)c(F)cn2c(=O)c(OC(=O)O)cc(C3CC3)c12. The molecule has 7 nitrogen and oxygen atoms in total. The van der Waals surface area contributed by atoms with Crippen LogP contribution in [0.15, 0.2) is 17.1 Å². The maximum atomic E-state index is 15.0. The second kappa shape index (κ2) is 6.53. The summed E-state index contributed by atoms with van der Waals surface area (Å²) >= 11 is 0. The highest BCUT2D eigenvalue weighted by Crippen LogP contribution is 2.44. The van der Waals surface area contributed by atoms with Gasteiger partial charge >= 0.3 is 6.16 Å². The van der Waals surface area contributed by atoms with Gasteiger partial charge < -0.3 is 20.5 Å². The number of ether oxygens (including phenoxy) is 1. The molecule has 3 heterocycles. The summed E-state index contributed by atoms with van der Waals surface area (Å²) < 4.78 is 20.8. The van der Waals surface area contributed by atoms with Crippen molar-refractivity contribution < 1.29 is 19.0 Å². The van der Waals surface area contributed by atoms with E-state index in [1.807, 2.05) is 11.8 Å². The van der Waals surface area contributed by atoms with Gasteiger partial charge in [-0.3, -0.25) is 9.20 Å². The number of pyridine rings is 2. The van der Waals surface area contributed by atoms with E-state index in [9.17, 15) is 14.0 Å². The van der Waals surface area contributed by atoms with Crippen molar-refractivity contribution in [1.82, 2.24) is 4.40 Å². The summed E-state index contributed by atoms with van der Waals surface area (Å²) in [5.74, 6) is -0.576. The van der Waals surface area contributed by atoms with E-state index in [0.29, 0.717) is 29.9 Å². The molecule has 0 atom stereocenters. The number of aromatic nitrogens is 1. The van der Waals surface area contributed by atoms with Gasteiger partial charge in [0, 0.05) is 19.1 Å². The van der Waals surface area contributed by atoms with Gasteiger partial charge in [0.25, 0.3) is 5.56 Å². The maximum absolute atomic E-state index is 15.0. The van der Waals surface area contributed by atoms with Gasteiger partial charge in [0.05, 0.1) is 17.4 Å². The Labute approximate surface area is 155 Å². The highest BCUT2D eigenvalue weighted by Gasteiger charge is 2.31. The first-order valence-corrected chi connectivity index (χ1v) is 9.16. The number of hydrogen-bond acceptors (Lipinski definition) is 5. The van der Waals surface area contributed by atoms with Gasteiger partial charge in [0.1, 0.15) is 0 Å². The van der Waals surface area contributed by atoms with Gasteiger partial charge in [-0.15, -0.1) is 0 Å². The molecule has 1 aliphatic heterocycles. The smallest absolute Gasteiger partial charge is 0.449 e. The predicted octanol–water partition coefficient (Wildman–Crippen LogP) is 2.61. The van der Waals surface area contributed by atoms with Gasteiger partial charge in [-0.1, -0.05) is 0 Å². The van der Waals surface area contributed by atoms with Crippen molar-refractivity contribution in [1.29, 1.82) is 0 Å². The Kier molecular flexibility index (Phi) is 4.30. The molecule has 2 aromatic heterocycles. The van der Waals surface area contributed by atoms with E-state index < -0.39 is 17.5 Å². The van der Waals surface area contributed by atoms with Crippen molar-refractivity contribution in [2.45, 2.75) is 44.6 Å². The molecule has 0 aromatic carbocycles. The van der Waals surface area contributed by atoms with Crippen molar-refractivity contribution in [3.63, 3.8) is 0 Å². The number of nitrogens with zero attached hydrogens (tertiary/aromatic N) is 2. The van der Waals surface area contributed by atoms with Gasteiger partial charge in [-0.05, 0) is 55.7 Å². The molecule has 8 heteroatoms. The monoisotopic (exact) mass is 375 g/mol. The zero-order valence-electron chi connectivity index (χ0n) is 15.1. The summed E-state index contributed by atoms with van der Waals surface area (Å²) in [6.45, 7) is 3.14. The van der Waals surface area contributed by atoms with E-state index >= 15 is 0 Å². The molecule has 1 aliphatic carbocycles. The molecule has 1 saturated carbocycles. The van der Waals surface area contributed by atoms with E-state index in [-0.39, 0.29) is 17.7 Å². The molecule has 3 N–H and O–H groups in total. The van der Waals surface area contributed by atoms with Crippen LogP contribution in [0, 0.1) is 12.7 Å². The quantitative estimate of drug-likeness (QED) is 0.801. The lowest BCUT2D eigenvalue weighted by Crippen LogP contribution is -2.40. The molecule has 2 aromatic rings. The molecule has 1 saturated heterocycles. The Balaban J connectivity index is 1.92. The number of rotatable bonds is 3. The fourth-order valence-electron chi connectivity index (χ4n) is 4.00. The lowest BCUT2D eigenvalue weighted by Gasteiger charge is -2.33. The minimum Gasteiger partial charge on any atom is -0.449 e. The van der Waals surface area contributed by atoms with Gasteiger partial charge in [0.2, 0.25) is 0 Å². The van der Waals surface area contributed by atoms with Crippen LogP contribution >= 0.6 is 0 Å². The summed E-state index contributed by atoms with van der Waals surface area (Å²) in [6.07, 6.45) is 3.06. The minimum absolute atomic E-state index is 0.130. The predicted molar refractivity (Wildman–Crippen MR) is 98.4 cm³/mol. The number of halogens is 1. The summed E-state index contributed by atoms with van der Waals surface area (Å²) in [7, 11) is 0. The molecule has 0 bridgehead atoms. The van der Waals surface area contributed by atoms with Crippen LogP contribution in [0.1, 0.15) is 42.7 Å². The first kappa shape index (κ1) is 17.8. The highest BCUT2D eigenvalue weighted by atomic mass is 19.1. The largest absolute Gasteiger partial charge is 0.511 e. The van der Waals surface area contributed by atoms with Gasteiger partial charge in [0.15, 0.2) is 11.6 Å². The van der Waals surface area contributed by atoms with Crippen LogP contribution in [0.3, 0.4) is 0 Å². The lowest BCUT2D eigenvalue weighted by atomic mass is 10.0. The molecule has 144 valence electrons. The van der Waals surface area contributed by atoms with E-state index in [4.69, 9.17) is 10.8 Å². The van der Waals surface area contributed by atoms with E-state index in [2.05, 4.69) is 4.74 Å². The average molecular weight is 375 g/mol. The molecule has 27 heavy (non-hydrogen) atoms. The van der Waals surface area contributed by atoms with Crippen LogP contribution in [0.5, 0.6) is 5.75 Å². The molecular weight excluding hydrogens is 353 g/mol. The zero-order valence-corrected chi connectivity index (χ0v) is 15.1. The molecule has 2 aliphatic rings. The Morgan fingerprint density at radius 3 is 2.56 bits per heavy atom. The third kappa shape index (κ3) is 3.14. The minimum atomic E-state index is -1.56. The van der Waals surface area contributed by atoms with Crippen molar-refractivity contribution >= 4 is 17.4 Å². The number of anilines is 1. The molecular formula is C19H22FN3O4. The number of piperidine rings is 1. The Morgan fingerprint density at radius 2 is 1.96 bits per heavy atom. The fraction of sp³-hybridized carbons (Fsp3) is 0.474. The topological polar surface area (TPSA) is 97.3 Å². The summed E-state index contributed by atoms with van der Waals surface area (Å²) in [6, 6.07) is 1.63. The summed E-state index contributed by atoms with van der Waals surface area (Å²) in [5, 5.41) is 8.89. The van der Waals surface area contributed by atoms with E-state index in [0.717, 1.165) is 37.4 Å². The number of fused-ring (bicyclic) bond motifs is 1. The van der Waals surface area contributed by atoms with Crippen molar-refractivity contribution in [2.24, 2.45) is 5.73 Å². The van der Waals surface area contributed by atoms with Crippen LogP contribution in [0.2, 0.25) is 0 Å². The molecule has 0 radical (unpaired) electrons. The summed E-state index contributed by atoms with van der Waals surface area (Å²) in [4.78, 5) is 25.6. The van der Waals surface area contributed by atoms with Crippen LogP contribution in [-0.4, -0.2) is 34.8 Å². The van der Waals surface area contributed by atoms with Crippen LogP contribution in [0.25, 0.3) is 5.52 Å². The van der Waals surface area contributed by atoms with Crippen molar-refractivity contribution in [3.8, 4) is 5.75 Å². The Bertz CT molecular complexity index is 975. The first-order chi connectivity index (χ1) is 12.9. The van der Waals surface area contributed by atoms with E-state index in [1.165, 1.54) is 10.5 Å². The number of nitrogens with two attached hydrogens (primary N) is 1. The highest BCUT2D eigenvalue weighted by molar-refractivity contribution is 5.74. The molecule has 2 fully saturated rings. The van der Waals surface area contributed by atoms with Gasteiger partial charge in [-0.2, -0.15) is 0 Å². The molecule has 4 rings (SSSR count). The summed E-state index contributed by atoms with van der Waals surface area (Å²) in [5.41, 5.74) is 7.95. The number of carboxylic acid groups (broad SMARTS) is 1. The van der Waals surface area contributed by atoms with Crippen molar-refractivity contribution in [3.05, 3.63) is 39.6 Å². The Morgan fingerprint density at radius 1 is 1.30 bits per heavy atom.